The van der Waals surface area contributed by atoms with Crippen molar-refractivity contribution in [3.63, 3.8) is 0 Å². The summed E-state index contributed by atoms with van der Waals surface area (Å²) in [4.78, 5) is 0. The highest BCUT2D eigenvalue weighted by Gasteiger charge is 2.09. The van der Waals surface area contributed by atoms with Gasteiger partial charge in [0.1, 0.15) is 5.75 Å². The van der Waals surface area contributed by atoms with Gasteiger partial charge in [-0.2, -0.15) is 0 Å². The first-order chi connectivity index (χ1) is 6.15. The van der Waals surface area contributed by atoms with Gasteiger partial charge in [-0.3, -0.25) is 0 Å². The van der Waals surface area contributed by atoms with Crippen LogP contribution in [0.15, 0.2) is 22.7 Å². The van der Waals surface area contributed by atoms with Crippen LogP contribution in [-0.2, 0) is 16.8 Å². The van der Waals surface area contributed by atoms with E-state index in [0.717, 1.165) is 4.47 Å². The maximum Gasteiger partial charge on any atom is 0.157 e. The molecule has 72 valence electrons. The van der Waals surface area contributed by atoms with Gasteiger partial charge >= 0.3 is 0 Å². The number of rotatable bonds is 3. The molecule has 0 aliphatic rings. The van der Waals surface area contributed by atoms with Crippen molar-refractivity contribution in [3.8, 4) is 5.75 Å². The first-order valence-electron chi connectivity index (χ1n) is 3.54. The fourth-order valence-corrected chi connectivity index (χ4v) is 2.21. The van der Waals surface area contributed by atoms with Crippen molar-refractivity contribution in [2.45, 2.75) is 5.75 Å². The molecule has 0 bridgehead atoms. The highest BCUT2D eigenvalue weighted by atomic mass is 79.9. The van der Waals surface area contributed by atoms with Crippen molar-refractivity contribution < 1.29 is 13.5 Å². The Balaban J connectivity index is 3.07. The van der Waals surface area contributed by atoms with Crippen molar-refractivity contribution in [1.29, 1.82) is 0 Å². The fraction of sp³-hybridized carbons (Fsp3) is 0.250. The zero-order chi connectivity index (χ0) is 9.84. The minimum absolute atomic E-state index is 0.0740. The van der Waals surface area contributed by atoms with E-state index in [1.54, 1.807) is 6.07 Å². The molecule has 0 aliphatic carbocycles. The molecule has 0 amide bonds. The van der Waals surface area contributed by atoms with Gasteiger partial charge in [0, 0.05) is 10.0 Å². The van der Waals surface area contributed by atoms with Crippen molar-refractivity contribution in [3.05, 3.63) is 28.2 Å². The molecular weight excluding hydrogens is 256 g/mol. The zero-order valence-electron chi connectivity index (χ0n) is 6.99. The summed E-state index contributed by atoms with van der Waals surface area (Å²) in [6.07, 6.45) is 0. The summed E-state index contributed by atoms with van der Waals surface area (Å²) in [5.74, 6) is 0.696. The number of hydrogen-bond donors (Lipinski definition) is 1. The van der Waals surface area contributed by atoms with Crippen LogP contribution in [-0.4, -0.2) is 15.9 Å². The van der Waals surface area contributed by atoms with E-state index in [4.69, 9.17) is 9.29 Å². The Morgan fingerprint density at radius 1 is 1.62 bits per heavy atom. The fourth-order valence-electron chi connectivity index (χ4n) is 0.994. The van der Waals surface area contributed by atoms with Crippen LogP contribution in [0.2, 0.25) is 0 Å². The molecular formula is C8H9BrO3S. The Labute approximate surface area is 87.5 Å². The van der Waals surface area contributed by atoms with E-state index in [9.17, 15) is 4.21 Å². The van der Waals surface area contributed by atoms with E-state index < -0.39 is 11.1 Å². The van der Waals surface area contributed by atoms with E-state index in [2.05, 4.69) is 15.9 Å². The lowest BCUT2D eigenvalue weighted by Crippen LogP contribution is -1.97. The highest BCUT2D eigenvalue weighted by molar-refractivity contribution is 9.10. The Kier molecular flexibility index (Phi) is 3.90. The average molecular weight is 265 g/mol. The lowest BCUT2D eigenvalue weighted by atomic mass is 10.2. The van der Waals surface area contributed by atoms with E-state index in [-0.39, 0.29) is 5.75 Å². The summed E-state index contributed by atoms with van der Waals surface area (Å²) in [5.41, 5.74) is 0.714. The molecule has 1 N–H and O–H groups in total. The number of methoxy groups -OCH3 is 1. The molecule has 0 fully saturated rings. The molecule has 0 aromatic heterocycles. The number of hydrogen-bond acceptors (Lipinski definition) is 2. The van der Waals surface area contributed by atoms with E-state index >= 15 is 0 Å². The van der Waals surface area contributed by atoms with Crippen LogP contribution in [0.5, 0.6) is 5.75 Å². The van der Waals surface area contributed by atoms with Gasteiger partial charge in [0.15, 0.2) is 11.1 Å². The summed E-state index contributed by atoms with van der Waals surface area (Å²) in [6, 6.07) is 5.38. The maximum atomic E-state index is 10.6. The van der Waals surface area contributed by atoms with Gasteiger partial charge in [0.05, 0.1) is 12.9 Å². The topological polar surface area (TPSA) is 46.5 Å². The smallest absolute Gasteiger partial charge is 0.157 e. The molecule has 3 nitrogen and oxygen atoms in total. The largest absolute Gasteiger partial charge is 0.496 e. The molecule has 0 saturated heterocycles. The van der Waals surface area contributed by atoms with Crippen LogP contribution in [0.3, 0.4) is 0 Å². The summed E-state index contributed by atoms with van der Waals surface area (Å²) in [5, 5.41) is 0. The van der Waals surface area contributed by atoms with Gasteiger partial charge in [-0.05, 0) is 12.1 Å². The molecule has 1 atom stereocenters. The van der Waals surface area contributed by atoms with Crippen LogP contribution in [0.25, 0.3) is 0 Å². The molecule has 0 radical (unpaired) electrons. The van der Waals surface area contributed by atoms with Crippen molar-refractivity contribution in [1.82, 2.24) is 0 Å². The lowest BCUT2D eigenvalue weighted by molar-refractivity contribution is 0.410. The van der Waals surface area contributed by atoms with Crippen LogP contribution in [0, 0.1) is 0 Å². The molecule has 13 heavy (non-hydrogen) atoms. The van der Waals surface area contributed by atoms with Crippen molar-refractivity contribution in [2.75, 3.05) is 7.11 Å². The molecule has 1 rings (SSSR count). The first kappa shape index (κ1) is 10.7. The quantitative estimate of drug-likeness (QED) is 0.852. The SMILES string of the molecule is COc1cccc(Br)c1CS(=O)O. The molecule has 1 aromatic rings. The number of halogens is 1. The minimum Gasteiger partial charge on any atom is -0.496 e. The Morgan fingerprint density at radius 3 is 2.85 bits per heavy atom. The van der Waals surface area contributed by atoms with Crippen molar-refractivity contribution in [2.24, 2.45) is 0 Å². The number of ether oxygens (including phenoxy) is 1. The number of benzene rings is 1. The standard InChI is InChI=1S/C8H9BrO3S/c1-12-8-4-2-3-7(9)6(8)5-13(10)11/h2-4H,5H2,1H3,(H,10,11). The Bertz CT molecular complexity index is 327. The predicted octanol–water partition coefficient (Wildman–Crippen LogP) is 2.18. The maximum absolute atomic E-state index is 10.6. The van der Waals surface area contributed by atoms with E-state index in [1.165, 1.54) is 7.11 Å². The van der Waals surface area contributed by atoms with Gasteiger partial charge in [-0.25, -0.2) is 4.21 Å². The third kappa shape index (κ3) is 2.79. The summed E-state index contributed by atoms with van der Waals surface area (Å²) in [7, 11) is 1.53. The summed E-state index contributed by atoms with van der Waals surface area (Å²) < 4.78 is 25.2. The summed E-state index contributed by atoms with van der Waals surface area (Å²) >= 11 is 1.44. The van der Waals surface area contributed by atoms with Crippen LogP contribution in [0.1, 0.15) is 5.56 Å². The molecule has 0 aliphatic heterocycles. The highest BCUT2D eigenvalue weighted by Crippen LogP contribution is 2.27. The molecule has 1 unspecified atom stereocenters. The van der Waals surface area contributed by atoms with E-state index in [0.29, 0.717) is 11.3 Å². The van der Waals surface area contributed by atoms with Crippen LogP contribution >= 0.6 is 15.9 Å². The van der Waals surface area contributed by atoms with Gasteiger partial charge in [-0.1, -0.05) is 22.0 Å². The van der Waals surface area contributed by atoms with E-state index in [1.807, 2.05) is 12.1 Å². The van der Waals surface area contributed by atoms with Gasteiger partial charge in [-0.15, -0.1) is 0 Å². The van der Waals surface area contributed by atoms with Gasteiger partial charge < -0.3 is 9.29 Å². The molecule has 1 aromatic carbocycles. The second kappa shape index (κ2) is 4.74. The lowest BCUT2D eigenvalue weighted by Gasteiger charge is -2.07. The molecule has 0 spiro atoms. The Morgan fingerprint density at radius 2 is 2.31 bits per heavy atom. The monoisotopic (exact) mass is 264 g/mol. The molecule has 0 heterocycles. The third-order valence-corrected chi connectivity index (χ3v) is 2.84. The Hall–Kier alpha value is -0.390. The third-order valence-electron chi connectivity index (χ3n) is 1.56. The van der Waals surface area contributed by atoms with Gasteiger partial charge in [0.2, 0.25) is 0 Å². The normalized spacial score (nSPS) is 12.5. The van der Waals surface area contributed by atoms with Gasteiger partial charge in [0.25, 0.3) is 0 Å². The second-order valence-electron chi connectivity index (χ2n) is 2.39. The first-order valence-corrected chi connectivity index (χ1v) is 5.61. The second-order valence-corrected chi connectivity index (χ2v) is 4.17. The van der Waals surface area contributed by atoms with Crippen LogP contribution in [0.4, 0.5) is 0 Å². The zero-order valence-corrected chi connectivity index (χ0v) is 9.39. The molecule has 5 heteroatoms. The minimum atomic E-state index is -1.85. The van der Waals surface area contributed by atoms with Crippen LogP contribution < -0.4 is 4.74 Å². The average Bonchev–Trinajstić information content (AvgIpc) is 2.08. The predicted molar refractivity (Wildman–Crippen MR) is 55.2 cm³/mol. The van der Waals surface area contributed by atoms with Crippen molar-refractivity contribution >= 4 is 27.0 Å². The molecule has 0 saturated carbocycles. The summed E-state index contributed by atoms with van der Waals surface area (Å²) in [6.45, 7) is 0.